The highest BCUT2D eigenvalue weighted by Gasteiger charge is 2.26. The van der Waals surface area contributed by atoms with Crippen molar-refractivity contribution in [2.75, 3.05) is 18.6 Å². The molecule has 1 unspecified atom stereocenters. The monoisotopic (exact) mass is 336 g/mol. The molecule has 1 saturated heterocycles. The van der Waals surface area contributed by atoms with Crippen molar-refractivity contribution in [1.82, 2.24) is 10.2 Å². The van der Waals surface area contributed by atoms with Crippen molar-refractivity contribution in [2.45, 2.75) is 25.4 Å². The van der Waals surface area contributed by atoms with E-state index >= 15 is 0 Å². The molecule has 0 spiro atoms. The molecule has 1 N–H and O–H groups in total. The fourth-order valence-electron chi connectivity index (χ4n) is 2.84. The molecule has 0 bridgehead atoms. The maximum absolute atomic E-state index is 12.2. The minimum atomic E-state index is -3.03. The van der Waals surface area contributed by atoms with E-state index in [1.165, 1.54) is 4.90 Å². The van der Waals surface area contributed by atoms with Crippen LogP contribution in [0.4, 0.5) is 4.79 Å². The number of urea groups is 1. The summed E-state index contributed by atoms with van der Waals surface area (Å²) < 4.78 is 28.9. The fourth-order valence-corrected chi connectivity index (χ4v) is 4.48. The predicted octanol–water partition coefficient (Wildman–Crippen LogP) is 2.15. The lowest BCUT2D eigenvalue weighted by Gasteiger charge is -2.25. The lowest BCUT2D eigenvalue weighted by Crippen LogP contribution is -2.47. The lowest BCUT2D eigenvalue weighted by atomic mass is 10.2. The van der Waals surface area contributed by atoms with Gasteiger partial charge in [0, 0.05) is 18.5 Å². The SMILES string of the molecule is CN(Cc1cc2ccccc2o1)C(=O)NC1CCCS(=O)(=O)C1. The Hall–Kier alpha value is -2.02. The largest absolute Gasteiger partial charge is 0.459 e. The molecule has 0 radical (unpaired) electrons. The first-order chi connectivity index (χ1) is 10.9. The van der Waals surface area contributed by atoms with Crippen LogP contribution in [0.3, 0.4) is 0 Å². The molecule has 1 aromatic heterocycles. The van der Waals surface area contributed by atoms with Crippen LogP contribution in [0.15, 0.2) is 34.7 Å². The molecule has 1 aromatic carbocycles. The number of para-hydroxylation sites is 1. The van der Waals surface area contributed by atoms with Crippen LogP contribution in [0.25, 0.3) is 11.0 Å². The van der Waals surface area contributed by atoms with Gasteiger partial charge in [-0.05, 0) is 25.0 Å². The zero-order valence-electron chi connectivity index (χ0n) is 13.0. The first-order valence-electron chi connectivity index (χ1n) is 7.62. The second kappa shape index (κ2) is 6.23. The Morgan fingerprint density at radius 1 is 1.39 bits per heavy atom. The molecule has 2 aromatic rings. The first-order valence-corrected chi connectivity index (χ1v) is 9.44. The Labute approximate surface area is 135 Å². The quantitative estimate of drug-likeness (QED) is 0.931. The third-order valence-electron chi connectivity index (χ3n) is 4.01. The van der Waals surface area contributed by atoms with Crippen molar-refractivity contribution in [3.8, 4) is 0 Å². The summed E-state index contributed by atoms with van der Waals surface area (Å²) in [4.78, 5) is 13.7. The summed E-state index contributed by atoms with van der Waals surface area (Å²) in [6.45, 7) is 0.333. The summed E-state index contributed by atoms with van der Waals surface area (Å²) in [6.07, 6.45) is 1.30. The van der Waals surface area contributed by atoms with Gasteiger partial charge >= 0.3 is 6.03 Å². The normalized spacial score (nSPS) is 20.3. The number of rotatable bonds is 3. The molecule has 1 atom stereocenters. The van der Waals surface area contributed by atoms with E-state index in [1.54, 1.807) is 7.05 Å². The number of sulfone groups is 1. The van der Waals surface area contributed by atoms with Gasteiger partial charge in [0.05, 0.1) is 18.1 Å². The summed E-state index contributed by atoms with van der Waals surface area (Å²) in [5, 5.41) is 3.79. The average molecular weight is 336 g/mol. The predicted molar refractivity (Wildman–Crippen MR) is 87.9 cm³/mol. The summed E-state index contributed by atoms with van der Waals surface area (Å²) in [7, 11) is -1.36. The number of hydrogen-bond donors (Lipinski definition) is 1. The van der Waals surface area contributed by atoms with Gasteiger partial charge in [-0.25, -0.2) is 13.2 Å². The molecule has 2 amide bonds. The molecule has 1 aliphatic rings. The number of fused-ring (bicyclic) bond motifs is 1. The van der Waals surface area contributed by atoms with Crippen LogP contribution in [0, 0.1) is 0 Å². The van der Waals surface area contributed by atoms with Crippen molar-refractivity contribution in [3.63, 3.8) is 0 Å². The van der Waals surface area contributed by atoms with Crippen molar-refractivity contribution < 1.29 is 17.6 Å². The highest BCUT2D eigenvalue weighted by atomic mass is 32.2. The minimum absolute atomic E-state index is 0.0250. The van der Waals surface area contributed by atoms with Crippen molar-refractivity contribution in [2.24, 2.45) is 0 Å². The summed E-state index contributed by atoms with van der Waals surface area (Å²) in [6, 6.07) is 8.98. The Morgan fingerprint density at radius 2 is 2.17 bits per heavy atom. The minimum Gasteiger partial charge on any atom is -0.459 e. The van der Waals surface area contributed by atoms with Gasteiger partial charge in [0.2, 0.25) is 0 Å². The van der Waals surface area contributed by atoms with E-state index in [0.717, 1.165) is 11.0 Å². The van der Waals surface area contributed by atoms with Crippen LogP contribution >= 0.6 is 0 Å². The van der Waals surface area contributed by atoms with Gasteiger partial charge in [-0.15, -0.1) is 0 Å². The molecule has 1 aliphatic heterocycles. The van der Waals surface area contributed by atoms with Crippen LogP contribution in [0.5, 0.6) is 0 Å². The van der Waals surface area contributed by atoms with E-state index in [9.17, 15) is 13.2 Å². The number of carbonyl (C=O) groups is 1. The molecule has 23 heavy (non-hydrogen) atoms. The molecule has 3 rings (SSSR count). The number of benzene rings is 1. The molecule has 1 fully saturated rings. The standard InChI is InChI=1S/C16H20N2O4S/c1-18(10-14-9-12-5-2-3-7-15(12)22-14)16(19)17-13-6-4-8-23(20,21)11-13/h2-3,5,7,9,13H,4,6,8,10-11H2,1H3,(H,17,19). The highest BCUT2D eigenvalue weighted by Crippen LogP contribution is 2.20. The van der Waals surface area contributed by atoms with Gasteiger partial charge in [0.25, 0.3) is 0 Å². The van der Waals surface area contributed by atoms with Gasteiger partial charge in [0.15, 0.2) is 9.84 Å². The Kier molecular flexibility index (Phi) is 4.30. The van der Waals surface area contributed by atoms with E-state index in [-0.39, 0.29) is 23.6 Å². The Balaban J connectivity index is 1.61. The maximum Gasteiger partial charge on any atom is 0.317 e. The Morgan fingerprint density at radius 3 is 2.91 bits per heavy atom. The van der Waals surface area contributed by atoms with E-state index in [0.29, 0.717) is 25.1 Å². The summed E-state index contributed by atoms with van der Waals surface area (Å²) >= 11 is 0. The van der Waals surface area contributed by atoms with Gasteiger partial charge in [-0.1, -0.05) is 18.2 Å². The third-order valence-corrected chi connectivity index (χ3v) is 5.83. The second-order valence-corrected chi connectivity index (χ2v) is 8.24. The highest BCUT2D eigenvalue weighted by molar-refractivity contribution is 7.91. The molecule has 0 saturated carbocycles. The van der Waals surface area contributed by atoms with Crippen LogP contribution in [-0.4, -0.2) is 43.9 Å². The second-order valence-electron chi connectivity index (χ2n) is 6.01. The fraction of sp³-hybridized carbons (Fsp3) is 0.438. The number of carbonyl (C=O) groups excluding carboxylic acids is 1. The third kappa shape index (κ3) is 3.85. The molecule has 2 heterocycles. The summed E-state index contributed by atoms with van der Waals surface area (Å²) in [5.41, 5.74) is 0.787. The van der Waals surface area contributed by atoms with Gasteiger partial charge < -0.3 is 14.6 Å². The van der Waals surface area contributed by atoms with Crippen molar-refractivity contribution in [3.05, 3.63) is 36.1 Å². The van der Waals surface area contributed by atoms with Gasteiger partial charge in [-0.3, -0.25) is 0 Å². The molecular weight excluding hydrogens is 316 g/mol. The molecule has 124 valence electrons. The van der Waals surface area contributed by atoms with Crippen LogP contribution in [0.2, 0.25) is 0 Å². The molecule has 0 aliphatic carbocycles. The number of amides is 2. The molecule has 7 heteroatoms. The van der Waals surface area contributed by atoms with E-state index < -0.39 is 9.84 Å². The maximum atomic E-state index is 12.2. The molecule has 6 nitrogen and oxygen atoms in total. The van der Waals surface area contributed by atoms with Crippen molar-refractivity contribution in [1.29, 1.82) is 0 Å². The zero-order valence-corrected chi connectivity index (χ0v) is 13.8. The Bertz CT molecular complexity index is 779. The van der Waals surface area contributed by atoms with Crippen molar-refractivity contribution >= 4 is 26.8 Å². The number of nitrogens with zero attached hydrogens (tertiary/aromatic N) is 1. The average Bonchev–Trinajstić information content (AvgIpc) is 2.88. The number of hydrogen-bond acceptors (Lipinski definition) is 4. The van der Waals surface area contributed by atoms with Crippen LogP contribution in [0.1, 0.15) is 18.6 Å². The number of nitrogens with one attached hydrogen (secondary N) is 1. The smallest absolute Gasteiger partial charge is 0.317 e. The van der Waals surface area contributed by atoms with Gasteiger partial charge in [0.1, 0.15) is 11.3 Å². The van der Waals surface area contributed by atoms with E-state index in [4.69, 9.17) is 4.42 Å². The lowest BCUT2D eigenvalue weighted by molar-refractivity contribution is 0.199. The zero-order chi connectivity index (χ0) is 16.4. The topological polar surface area (TPSA) is 79.6 Å². The summed E-state index contributed by atoms with van der Waals surface area (Å²) in [5.74, 6) is 0.936. The van der Waals surface area contributed by atoms with Gasteiger partial charge in [-0.2, -0.15) is 0 Å². The van der Waals surface area contributed by atoms with Crippen LogP contribution in [-0.2, 0) is 16.4 Å². The molecular formula is C16H20N2O4S. The first kappa shape index (κ1) is 15.9. The van der Waals surface area contributed by atoms with Crippen LogP contribution < -0.4 is 5.32 Å². The van der Waals surface area contributed by atoms with E-state index in [1.807, 2.05) is 30.3 Å². The number of furan rings is 1. The van der Waals surface area contributed by atoms with E-state index in [2.05, 4.69) is 5.32 Å².